The van der Waals surface area contributed by atoms with Gasteiger partial charge in [0.25, 0.3) is 0 Å². The lowest BCUT2D eigenvalue weighted by molar-refractivity contribution is -0.137. The summed E-state index contributed by atoms with van der Waals surface area (Å²) >= 11 is 0. The molecule has 4 rings (SSSR count). The zero-order chi connectivity index (χ0) is 17.1. The van der Waals surface area contributed by atoms with E-state index in [9.17, 15) is 4.79 Å². The molecule has 2 fully saturated rings. The van der Waals surface area contributed by atoms with Crippen molar-refractivity contribution in [1.29, 1.82) is 0 Å². The topological polar surface area (TPSA) is 65.1 Å². The lowest BCUT2D eigenvalue weighted by Gasteiger charge is -2.38. The van der Waals surface area contributed by atoms with E-state index in [4.69, 9.17) is 0 Å². The Hall–Kier alpha value is -2.37. The van der Waals surface area contributed by atoms with Crippen LogP contribution >= 0.6 is 0 Å². The molecule has 1 amide bonds. The molecule has 132 valence electrons. The number of aromatic amines is 1. The Balaban J connectivity index is 1.41. The summed E-state index contributed by atoms with van der Waals surface area (Å²) in [5.74, 6) is 1.76. The van der Waals surface area contributed by atoms with Crippen LogP contribution in [0.5, 0.6) is 0 Å². The number of amides is 1. The molecule has 6 nitrogen and oxygen atoms in total. The highest BCUT2D eigenvalue weighted by Crippen LogP contribution is 2.28. The van der Waals surface area contributed by atoms with Gasteiger partial charge in [-0.1, -0.05) is 6.07 Å². The van der Waals surface area contributed by atoms with Crippen LogP contribution < -0.4 is 4.90 Å². The van der Waals surface area contributed by atoms with Crippen molar-refractivity contribution in [1.82, 2.24) is 20.1 Å². The van der Waals surface area contributed by atoms with Crippen molar-refractivity contribution < 1.29 is 4.79 Å². The van der Waals surface area contributed by atoms with E-state index < -0.39 is 0 Å². The van der Waals surface area contributed by atoms with Crippen LogP contribution in [0.1, 0.15) is 37.3 Å². The number of rotatable bonds is 3. The largest absolute Gasteiger partial charge is 0.356 e. The Bertz CT molecular complexity index is 687. The number of carbonyl (C=O) groups excluding carboxylic acids is 1. The van der Waals surface area contributed by atoms with Crippen LogP contribution in [0.25, 0.3) is 0 Å². The molecule has 2 aromatic rings. The van der Waals surface area contributed by atoms with Crippen molar-refractivity contribution in [3.05, 3.63) is 42.4 Å². The molecule has 0 bridgehead atoms. The van der Waals surface area contributed by atoms with Gasteiger partial charge in [0.05, 0.1) is 5.92 Å². The van der Waals surface area contributed by atoms with E-state index in [2.05, 4.69) is 25.0 Å². The zero-order valence-corrected chi connectivity index (χ0v) is 14.5. The van der Waals surface area contributed by atoms with Gasteiger partial charge in [0, 0.05) is 50.2 Å². The van der Waals surface area contributed by atoms with Crippen LogP contribution in [0.2, 0.25) is 0 Å². The number of piperidine rings is 2. The maximum Gasteiger partial charge on any atom is 0.227 e. The minimum Gasteiger partial charge on any atom is -0.356 e. The standard InChI is InChI=1S/C19H25N5O/c25-19(24-12-3-5-15(13-24)17-8-10-21-22-17)16-6-4-11-23(14-16)18-7-1-2-9-20-18/h1-2,7-10,15-16H,3-6,11-14H2,(H,21,22). The van der Waals surface area contributed by atoms with Crippen LogP contribution in [-0.2, 0) is 4.79 Å². The highest BCUT2D eigenvalue weighted by atomic mass is 16.2. The molecule has 0 aromatic carbocycles. The molecular weight excluding hydrogens is 314 g/mol. The van der Waals surface area contributed by atoms with Crippen LogP contribution in [0.15, 0.2) is 36.7 Å². The van der Waals surface area contributed by atoms with Gasteiger partial charge in [-0.2, -0.15) is 5.10 Å². The number of aromatic nitrogens is 3. The van der Waals surface area contributed by atoms with Crippen molar-refractivity contribution in [2.45, 2.75) is 31.6 Å². The Morgan fingerprint density at radius 2 is 2.00 bits per heavy atom. The van der Waals surface area contributed by atoms with E-state index in [1.807, 2.05) is 30.5 Å². The quantitative estimate of drug-likeness (QED) is 0.933. The summed E-state index contributed by atoms with van der Waals surface area (Å²) in [6.45, 7) is 3.45. The third kappa shape index (κ3) is 3.52. The average molecular weight is 339 g/mol. The molecule has 2 aromatic heterocycles. The monoisotopic (exact) mass is 339 g/mol. The van der Waals surface area contributed by atoms with E-state index >= 15 is 0 Å². The van der Waals surface area contributed by atoms with Gasteiger partial charge in [-0.05, 0) is 43.9 Å². The molecule has 2 atom stereocenters. The molecule has 6 heteroatoms. The number of pyridine rings is 1. The Labute approximate surface area is 148 Å². The predicted molar refractivity (Wildman–Crippen MR) is 96.3 cm³/mol. The fraction of sp³-hybridized carbons (Fsp3) is 0.526. The van der Waals surface area contributed by atoms with E-state index in [0.717, 1.165) is 63.4 Å². The molecule has 0 radical (unpaired) electrons. The molecule has 0 aliphatic carbocycles. The molecule has 0 saturated carbocycles. The molecule has 4 heterocycles. The second-order valence-corrected chi connectivity index (χ2v) is 7.11. The average Bonchev–Trinajstić information content (AvgIpc) is 3.23. The number of hydrogen-bond acceptors (Lipinski definition) is 4. The molecular formula is C19H25N5O. The predicted octanol–water partition coefficient (Wildman–Crippen LogP) is 2.43. The second-order valence-electron chi connectivity index (χ2n) is 7.11. The first-order chi connectivity index (χ1) is 12.3. The van der Waals surface area contributed by atoms with Gasteiger partial charge in [-0.15, -0.1) is 0 Å². The van der Waals surface area contributed by atoms with E-state index in [0.29, 0.717) is 11.8 Å². The summed E-state index contributed by atoms with van der Waals surface area (Å²) in [6, 6.07) is 8.00. The van der Waals surface area contributed by atoms with E-state index in [-0.39, 0.29) is 5.92 Å². The molecule has 0 spiro atoms. The van der Waals surface area contributed by atoms with Crippen LogP contribution in [0.3, 0.4) is 0 Å². The number of carbonyl (C=O) groups is 1. The molecule has 2 aliphatic heterocycles. The van der Waals surface area contributed by atoms with Gasteiger partial charge in [-0.3, -0.25) is 9.89 Å². The zero-order valence-electron chi connectivity index (χ0n) is 14.5. The van der Waals surface area contributed by atoms with Gasteiger partial charge >= 0.3 is 0 Å². The number of hydrogen-bond donors (Lipinski definition) is 1. The summed E-state index contributed by atoms with van der Waals surface area (Å²) in [7, 11) is 0. The van der Waals surface area contributed by atoms with E-state index in [1.54, 1.807) is 6.20 Å². The third-order valence-electron chi connectivity index (χ3n) is 5.44. The van der Waals surface area contributed by atoms with Gasteiger partial charge in [-0.25, -0.2) is 4.98 Å². The van der Waals surface area contributed by atoms with Gasteiger partial charge in [0.15, 0.2) is 0 Å². The first kappa shape index (κ1) is 16.1. The molecule has 2 saturated heterocycles. The second kappa shape index (κ2) is 7.25. The number of anilines is 1. The number of likely N-dealkylation sites (tertiary alicyclic amines) is 1. The molecule has 2 unspecified atom stereocenters. The fourth-order valence-corrected chi connectivity index (χ4v) is 4.11. The van der Waals surface area contributed by atoms with Crippen LogP contribution in [-0.4, -0.2) is 52.2 Å². The van der Waals surface area contributed by atoms with Crippen molar-refractivity contribution in [3.63, 3.8) is 0 Å². The van der Waals surface area contributed by atoms with Crippen molar-refractivity contribution >= 4 is 11.7 Å². The van der Waals surface area contributed by atoms with Crippen LogP contribution in [0.4, 0.5) is 5.82 Å². The maximum absolute atomic E-state index is 13.1. The first-order valence-electron chi connectivity index (χ1n) is 9.25. The summed E-state index contributed by atoms with van der Waals surface area (Å²) < 4.78 is 0. The van der Waals surface area contributed by atoms with Crippen LogP contribution in [0, 0.1) is 5.92 Å². The number of nitrogens with one attached hydrogen (secondary N) is 1. The van der Waals surface area contributed by atoms with Gasteiger partial charge in [0.1, 0.15) is 5.82 Å². The van der Waals surface area contributed by atoms with Crippen molar-refractivity contribution in [2.75, 3.05) is 31.1 Å². The fourth-order valence-electron chi connectivity index (χ4n) is 4.11. The van der Waals surface area contributed by atoms with Crippen molar-refractivity contribution in [2.24, 2.45) is 5.92 Å². The Kier molecular flexibility index (Phi) is 4.68. The third-order valence-corrected chi connectivity index (χ3v) is 5.44. The van der Waals surface area contributed by atoms with E-state index in [1.165, 1.54) is 0 Å². The highest BCUT2D eigenvalue weighted by Gasteiger charge is 2.32. The molecule has 25 heavy (non-hydrogen) atoms. The minimum atomic E-state index is 0.0799. The highest BCUT2D eigenvalue weighted by molar-refractivity contribution is 5.80. The Morgan fingerprint density at radius 3 is 2.80 bits per heavy atom. The smallest absolute Gasteiger partial charge is 0.227 e. The lowest BCUT2D eigenvalue weighted by Crippen LogP contribution is -2.47. The first-order valence-corrected chi connectivity index (χ1v) is 9.25. The maximum atomic E-state index is 13.1. The number of nitrogens with zero attached hydrogens (tertiary/aromatic N) is 4. The number of H-pyrrole nitrogens is 1. The molecule has 2 aliphatic rings. The van der Waals surface area contributed by atoms with Gasteiger partial charge < -0.3 is 9.80 Å². The molecule has 1 N–H and O–H groups in total. The summed E-state index contributed by atoms with van der Waals surface area (Å²) in [5, 5.41) is 7.13. The van der Waals surface area contributed by atoms with Gasteiger partial charge in [0.2, 0.25) is 5.91 Å². The summed E-state index contributed by atoms with van der Waals surface area (Å²) in [5.41, 5.74) is 1.15. The SMILES string of the molecule is O=C(C1CCCN(c2ccccn2)C1)N1CCCC(c2ccn[nH]2)C1. The Morgan fingerprint density at radius 1 is 1.08 bits per heavy atom. The summed E-state index contributed by atoms with van der Waals surface area (Å²) in [4.78, 5) is 21.9. The van der Waals surface area contributed by atoms with Crippen molar-refractivity contribution in [3.8, 4) is 0 Å². The minimum absolute atomic E-state index is 0.0799. The lowest BCUT2D eigenvalue weighted by atomic mass is 9.91. The summed E-state index contributed by atoms with van der Waals surface area (Å²) in [6.07, 6.45) is 7.82. The normalized spacial score (nSPS) is 24.3.